The Morgan fingerprint density at radius 1 is 1.47 bits per heavy atom. The largest absolute Gasteiger partial charge is 0.464 e. The fraction of sp³-hybridized carbons (Fsp3) is 0.0909. The molecule has 0 aliphatic carbocycles. The van der Waals surface area contributed by atoms with Crippen LogP contribution in [0, 0.1) is 5.82 Å². The van der Waals surface area contributed by atoms with Crippen LogP contribution >= 0.6 is 11.6 Å². The smallest absolute Gasteiger partial charge is 0.356 e. The minimum absolute atomic E-state index is 0.183. The molecule has 1 N–H and O–H groups in total. The van der Waals surface area contributed by atoms with Crippen LogP contribution in [0.25, 0.3) is 11.3 Å². The molecule has 88 valence electrons. The number of rotatable bonds is 2. The Labute approximate surface area is 101 Å². The average Bonchev–Trinajstić information content (AvgIpc) is 2.80. The molecular weight excluding hydrogens is 247 g/mol. The van der Waals surface area contributed by atoms with Gasteiger partial charge in [-0.05, 0) is 24.3 Å². The van der Waals surface area contributed by atoms with E-state index in [4.69, 9.17) is 11.6 Å². The number of carbonyl (C=O) groups excluding carboxylic acids is 1. The lowest BCUT2D eigenvalue weighted by molar-refractivity contribution is 0.0594. The highest BCUT2D eigenvalue weighted by molar-refractivity contribution is 6.33. The average molecular weight is 255 g/mol. The topological polar surface area (TPSA) is 55.0 Å². The zero-order valence-corrected chi connectivity index (χ0v) is 9.58. The number of carbonyl (C=O) groups is 1. The number of ether oxygens (including phenoxy) is 1. The van der Waals surface area contributed by atoms with Crippen LogP contribution in [0.5, 0.6) is 0 Å². The molecule has 0 radical (unpaired) electrons. The Hall–Kier alpha value is -1.88. The van der Waals surface area contributed by atoms with E-state index in [9.17, 15) is 9.18 Å². The van der Waals surface area contributed by atoms with Gasteiger partial charge in [0.15, 0.2) is 0 Å². The second-order valence-electron chi connectivity index (χ2n) is 3.28. The third-order valence-electron chi connectivity index (χ3n) is 2.19. The van der Waals surface area contributed by atoms with E-state index in [0.717, 1.165) is 0 Å². The molecule has 1 aromatic carbocycles. The van der Waals surface area contributed by atoms with E-state index in [0.29, 0.717) is 16.3 Å². The normalized spacial score (nSPS) is 10.3. The maximum absolute atomic E-state index is 13.1. The molecule has 0 saturated heterocycles. The Morgan fingerprint density at radius 2 is 2.24 bits per heavy atom. The third-order valence-corrected chi connectivity index (χ3v) is 2.52. The first kappa shape index (κ1) is 11.6. The molecule has 0 aliphatic heterocycles. The summed E-state index contributed by atoms with van der Waals surface area (Å²) >= 11 is 5.92. The van der Waals surface area contributed by atoms with Crippen LogP contribution in [0.4, 0.5) is 4.39 Å². The molecule has 4 nitrogen and oxygen atoms in total. The Kier molecular flexibility index (Phi) is 3.10. The summed E-state index contributed by atoms with van der Waals surface area (Å²) in [5.74, 6) is -0.969. The van der Waals surface area contributed by atoms with Gasteiger partial charge in [0.1, 0.15) is 11.5 Å². The zero-order chi connectivity index (χ0) is 12.4. The van der Waals surface area contributed by atoms with Crippen LogP contribution in [0.3, 0.4) is 0 Å². The lowest BCUT2D eigenvalue weighted by atomic mass is 10.1. The number of nitrogens with one attached hydrogen (secondary N) is 1. The molecule has 0 saturated carbocycles. The number of methoxy groups -OCH3 is 1. The van der Waals surface area contributed by atoms with Crippen LogP contribution in [-0.4, -0.2) is 23.3 Å². The van der Waals surface area contributed by atoms with Gasteiger partial charge in [-0.3, -0.25) is 5.10 Å². The molecule has 2 aromatic rings. The number of nitrogens with zero attached hydrogens (tertiary/aromatic N) is 1. The summed E-state index contributed by atoms with van der Waals surface area (Å²) in [6.45, 7) is 0. The van der Waals surface area contributed by atoms with Gasteiger partial charge in [0.2, 0.25) is 0 Å². The van der Waals surface area contributed by atoms with Gasteiger partial charge in [0, 0.05) is 5.56 Å². The van der Waals surface area contributed by atoms with Gasteiger partial charge in [-0.2, -0.15) is 5.10 Å². The van der Waals surface area contributed by atoms with Crippen molar-refractivity contribution in [3.05, 3.63) is 40.8 Å². The molecule has 0 unspecified atom stereocenters. The quantitative estimate of drug-likeness (QED) is 0.839. The number of esters is 1. The van der Waals surface area contributed by atoms with E-state index >= 15 is 0 Å². The summed E-state index contributed by atoms with van der Waals surface area (Å²) in [7, 11) is 1.26. The number of hydrogen-bond acceptors (Lipinski definition) is 3. The lowest BCUT2D eigenvalue weighted by Crippen LogP contribution is -2.00. The Morgan fingerprint density at radius 3 is 2.94 bits per heavy atom. The molecule has 0 spiro atoms. The maximum Gasteiger partial charge on any atom is 0.356 e. The molecule has 1 heterocycles. The minimum Gasteiger partial charge on any atom is -0.464 e. The zero-order valence-electron chi connectivity index (χ0n) is 8.83. The molecule has 6 heteroatoms. The second kappa shape index (κ2) is 4.55. The molecule has 0 aliphatic rings. The fourth-order valence-corrected chi connectivity index (χ4v) is 1.58. The predicted molar refractivity (Wildman–Crippen MR) is 60.3 cm³/mol. The summed E-state index contributed by atoms with van der Waals surface area (Å²) in [6.07, 6.45) is 0. The van der Waals surface area contributed by atoms with Crippen LogP contribution in [0.1, 0.15) is 10.5 Å². The van der Waals surface area contributed by atoms with Crippen molar-refractivity contribution in [2.24, 2.45) is 0 Å². The van der Waals surface area contributed by atoms with Gasteiger partial charge in [-0.15, -0.1) is 0 Å². The number of aromatic amines is 1. The van der Waals surface area contributed by atoms with Gasteiger partial charge in [0.05, 0.1) is 17.8 Å². The SMILES string of the molecule is COC(=O)c1cc(-c2cc(F)ccc2Cl)n[nH]1. The van der Waals surface area contributed by atoms with Crippen molar-refractivity contribution in [1.29, 1.82) is 0 Å². The first-order valence-corrected chi connectivity index (χ1v) is 5.09. The third kappa shape index (κ3) is 2.29. The summed E-state index contributed by atoms with van der Waals surface area (Å²) in [5.41, 5.74) is 0.982. The first-order chi connectivity index (χ1) is 8.11. The monoisotopic (exact) mass is 254 g/mol. The van der Waals surface area contributed by atoms with E-state index in [2.05, 4.69) is 14.9 Å². The lowest BCUT2D eigenvalue weighted by Gasteiger charge is -1.99. The Balaban J connectivity index is 2.43. The van der Waals surface area contributed by atoms with Crippen LogP contribution in [0.15, 0.2) is 24.3 Å². The van der Waals surface area contributed by atoms with E-state index in [1.54, 1.807) is 0 Å². The summed E-state index contributed by atoms with van der Waals surface area (Å²) in [5, 5.41) is 6.73. The highest BCUT2D eigenvalue weighted by Gasteiger charge is 2.13. The van der Waals surface area contributed by atoms with Crippen molar-refractivity contribution < 1.29 is 13.9 Å². The summed E-state index contributed by atoms with van der Waals surface area (Å²) < 4.78 is 17.6. The van der Waals surface area contributed by atoms with Crippen molar-refractivity contribution in [1.82, 2.24) is 10.2 Å². The van der Waals surface area contributed by atoms with Crippen LogP contribution in [-0.2, 0) is 4.74 Å². The van der Waals surface area contributed by atoms with Crippen molar-refractivity contribution in [2.75, 3.05) is 7.11 Å². The van der Waals surface area contributed by atoms with Gasteiger partial charge in [-0.25, -0.2) is 9.18 Å². The molecule has 2 rings (SSSR count). The number of H-pyrrole nitrogens is 1. The van der Waals surface area contributed by atoms with E-state index < -0.39 is 11.8 Å². The number of halogens is 2. The molecule has 0 atom stereocenters. The van der Waals surface area contributed by atoms with Crippen LogP contribution < -0.4 is 0 Å². The highest BCUT2D eigenvalue weighted by atomic mass is 35.5. The molecule has 0 fully saturated rings. The van der Waals surface area contributed by atoms with E-state index in [-0.39, 0.29) is 5.69 Å². The molecule has 0 amide bonds. The maximum atomic E-state index is 13.1. The van der Waals surface area contributed by atoms with Crippen molar-refractivity contribution >= 4 is 17.6 Å². The van der Waals surface area contributed by atoms with Crippen molar-refractivity contribution in [3.8, 4) is 11.3 Å². The van der Waals surface area contributed by atoms with Crippen LogP contribution in [0.2, 0.25) is 5.02 Å². The second-order valence-corrected chi connectivity index (χ2v) is 3.69. The fourth-order valence-electron chi connectivity index (χ4n) is 1.37. The summed E-state index contributed by atoms with van der Waals surface area (Å²) in [4.78, 5) is 11.2. The highest BCUT2D eigenvalue weighted by Crippen LogP contribution is 2.27. The van der Waals surface area contributed by atoms with Crippen molar-refractivity contribution in [2.45, 2.75) is 0 Å². The van der Waals surface area contributed by atoms with Gasteiger partial charge < -0.3 is 4.74 Å². The van der Waals surface area contributed by atoms with Gasteiger partial charge in [-0.1, -0.05) is 11.6 Å². The number of aromatic nitrogens is 2. The number of hydrogen-bond donors (Lipinski definition) is 1. The Bertz CT molecular complexity index is 568. The molecule has 0 bridgehead atoms. The molecular formula is C11H8ClFN2O2. The first-order valence-electron chi connectivity index (χ1n) is 4.71. The van der Waals surface area contributed by atoms with E-state index in [1.807, 2.05) is 0 Å². The van der Waals surface area contributed by atoms with Crippen molar-refractivity contribution in [3.63, 3.8) is 0 Å². The summed E-state index contributed by atoms with van der Waals surface area (Å²) in [6, 6.07) is 5.38. The molecule has 1 aromatic heterocycles. The number of benzene rings is 1. The van der Waals surface area contributed by atoms with Gasteiger partial charge >= 0.3 is 5.97 Å². The molecule has 17 heavy (non-hydrogen) atoms. The van der Waals surface area contributed by atoms with E-state index in [1.165, 1.54) is 31.4 Å². The standard InChI is InChI=1S/C11H8ClFN2O2/c1-17-11(16)10-5-9(14-15-10)7-4-6(13)2-3-8(7)12/h2-5H,1H3,(H,14,15). The predicted octanol–water partition coefficient (Wildman–Crippen LogP) is 2.66. The van der Waals surface area contributed by atoms with Gasteiger partial charge in [0.25, 0.3) is 0 Å². The minimum atomic E-state index is -0.545.